The average molecular weight is 246 g/mol. The number of alkyl halides is 2. The Labute approximate surface area is 96.3 Å². The molecule has 0 aromatic carbocycles. The second-order valence-corrected chi connectivity index (χ2v) is 4.58. The van der Waals surface area contributed by atoms with Gasteiger partial charge in [0.2, 0.25) is 6.43 Å². The zero-order chi connectivity index (χ0) is 11.7. The van der Waals surface area contributed by atoms with Crippen LogP contribution in [0.15, 0.2) is 11.4 Å². The van der Waals surface area contributed by atoms with E-state index in [1.165, 1.54) is 11.8 Å². The van der Waals surface area contributed by atoms with Gasteiger partial charge < -0.3 is 5.11 Å². The summed E-state index contributed by atoms with van der Waals surface area (Å²) in [5, 5.41) is 10.3. The maximum Gasteiger partial charge on any atom is 0.241 e. The summed E-state index contributed by atoms with van der Waals surface area (Å²) >= 11 is 1.36. The molecule has 1 aromatic rings. The summed E-state index contributed by atoms with van der Waals surface area (Å²) in [5.41, 5.74) is 1.15. The molecular formula is C10H12F2N2OS. The second-order valence-electron chi connectivity index (χ2n) is 3.81. The van der Waals surface area contributed by atoms with Crippen molar-refractivity contribution < 1.29 is 13.9 Å². The molecule has 0 spiro atoms. The van der Waals surface area contributed by atoms with Gasteiger partial charge in [-0.1, -0.05) is 11.8 Å². The normalized spacial score (nSPS) is 24.6. The molecule has 1 heterocycles. The number of rotatable bonds is 2. The van der Waals surface area contributed by atoms with E-state index in [1.807, 2.05) is 6.26 Å². The number of aromatic nitrogens is 2. The Bertz CT molecular complexity index is 389. The monoisotopic (exact) mass is 246 g/mol. The molecule has 1 N–H and O–H groups in total. The molecule has 2 rings (SSSR count). The lowest BCUT2D eigenvalue weighted by molar-refractivity contribution is 0.0288. The SMILES string of the molecule is CSc1ncc2c(n1)CC(C(F)F)CC2O. The Morgan fingerprint density at radius 2 is 2.31 bits per heavy atom. The maximum atomic E-state index is 12.6. The van der Waals surface area contributed by atoms with Gasteiger partial charge in [-0.05, 0) is 19.1 Å². The predicted molar refractivity (Wildman–Crippen MR) is 56.6 cm³/mol. The Balaban J connectivity index is 2.31. The van der Waals surface area contributed by atoms with E-state index in [0.29, 0.717) is 16.4 Å². The Hall–Kier alpha value is -0.750. The molecule has 1 aliphatic rings. The smallest absolute Gasteiger partial charge is 0.241 e. The molecule has 2 atom stereocenters. The van der Waals surface area contributed by atoms with Crippen LogP contribution in [0.1, 0.15) is 23.8 Å². The van der Waals surface area contributed by atoms with Crippen LogP contribution in [0, 0.1) is 5.92 Å². The highest BCUT2D eigenvalue weighted by Gasteiger charge is 2.32. The van der Waals surface area contributed by atoms with Crippen LogP contribution in [-0.4, -0.2) is 27.8 Å². The van der Waals surface area contributed by atoms with Crippen molar-refractivity contribution in [3.63, 3.8) is 0 Å². The van der Waals surface area contributed by atoms with Crippen molar-refractivity contribution in [1.82, 2.24) is 9.97 Å². The van der Waals surface area contributed by atoms with E-state index in [9.17, 15) is 13.9 Å². The second kappa shape index (κ2) is 4.63. The van der Waals surface area contributed by atoms with Crippen LogP contribution in [-0.2, 0) is 6.42 Å². The van der Waals surface area contributed by atoms with E-state index in [0.717, 1.165) is 0 Å². The van der Waals surface area contributed by atoms with Gasteiger partial charge in [-0.3, -0.25) is 0 Å². The van der Waals surface area contributed by atoms with Crippen LogP contribution in [0.25, 0.3) is 0 Å². The Morgan fingerprint density at radius 3 is 2.94 bits per heavy atom. The van der Waals surface area contributed by atoms with Crippen LogP contribution >= 0.6 is 11.8 Å². The predicted octanol–water partition coefficient (Wildman–Crippen LogP) is 2.06. The average Bonchev–Trinajstić information content (AvgIpc) is 2.28. The third kappa shape index (κ3) is 2.17. The van der Waals surface area contributed by atoms with E-state index in [2.05, 4.69) is 9.97 Å². The van der Waals surface area contributed by atoms with Crippen molar-refractivity contribution >= 4 is 11.8 Å². The van der Waals surface area contributed by atoms with Crippen molar-refractivity contribution in [3.8, 4) is 0 Å². The molecular weight excluding hydrogens is 234 g/mol. The molecule has 0 aliphatic heterocycles. The molecule has 0 amide bonds. The highest BCUT2D eigenvalue weighted by molar-refractivity contribution is 7.98. The maximum absolute atomic E-state index is 12.6. The van der Waals surface area contributed by atoms with E-state index in [4.69, 9.17) is 0 Å². The molecule has 2 unspecified atom stereocenters. The van der Waals surface area contributed by atoms with Crippen molar-refractivity contribution in [2.24, 2.45) is 5.92 Å². The first-order valence-corrected chi connectivity index (χ1v) is 6.20. The van der Waals surface area contributed by atoms with E-state index in [-0.39, 0.29) is 12.8 Å². The van der Waals surface area contributed by atoms with Gasteiger partial charge in [-0.2, -0.15) is 0 Å². The summed E-state index contributed by atoms with van der Waals surface area (Å²) < 4.78 is 25.2. The standard InChI is InChI=1S/C10H12F2N2OS/c1-16-10-13-4-6-7(14-10)2-5(9(11)12)3-8(6)15/h4-5,8-9,15H,2-3H2,1H3. The van der Waals surface area contributed by atoms with Gasteiger partial charge in [0.15, 0.2) is 5.16 Å². The molecule has 0 saturated heterocycles. The number of thioether (sulfide) groups is 1. The highest BCUT2D eigenvalue weighted by atomic mass is 32.2. The molecule has 0 radical (unpaired) electrons. The fourth-order valence-corrected chi connectivity index (χ4v) is 2.25. The summed E-state index contributed by atoms with van der Waals surface area (Å²) in [6.07, 6.45) is 0.410. The van der Waals surface area contributed by atoms with Gasteiger partial charge in [-0.25, -0.2) is 18.7 Å². The first-order valence-electron chi connectivity index (χ1n) is 4.98. The van der Waals surface area contributed by atoms with Gasteiger partial charge in [0.25, 0.3) is 0 Å². The third-order valence-electron chi connectivity index (χ3n) is 2.76. The van der Waals surface area contributed by atoms with Crippen LogP contribution in [0.5, 0.6) is 0 Å². The van der Waals surface area contributed by atoms with Crippen LogP contribution in [0.2, 0.25) is 0 Å². The quantitative estimate of drug-likeness (QED) is 0.641. The largest absolute Gasteiger partial charge is 0.388 e. The first kappa shape index (κ1) is 11.7. The molecule has 0 fully saturated rings. The zero-order valence-electron chi connectivity index (χ0n) is 8.73. The lowest BCUT2D eigenvalue weighted by Crippen LogP contribution is -2.25. The number of halogens is 2. The Morgan fingerprint density at radius 1 is 1.56 bits per heavy atom. The lowest BCUT2D eigenvalue weighted by Gasteiger charge is -2.27. The van der Waals surface area contributed by atoms with Crippen molar-refractivity contribution in [2.45, 2.75) is 30.5 Å². The van der Waals surface area contributed by atoms with Crippen molar-refractivity contribution in [2.75, 3.05) is 6.26 Å². The number of nitrogens with zero attached hydrogens (tertiary/aromatic N) is 2. The number of fused-ring (bicyclic) bond motifs is 1. The van der Waals surface area contributed by atoms with Crippen LogP contribution in [0.4, 0.5) is 8.78 Å². The summed E-state index contributed by atoms with van der Waals surface area (Å²) in [6.45, 7) is 0. The van der Waals surface area contributed by atoms with Gasteiger partial charge in [-0.15, -0.1) is 0 Å². The minimum absolute atomic E-state index is 0.0899. The fraction of sp³-hybridized carbons (Fsp3) is 0.600. The van der Waals surface area contributed by atoms with Gasteiger partial charge in [0.05, 0.1) is 11.8 Å². The zero-order valence-corrected chi connectivity index (χ0v) is 9.55. The minimum Gasteiger partial charge on any atom is -0.388 e. The summed E-state index contributed by atoms with van der Waals surface area (Å²) in [5.74, 6) is -0.799. The molecule has 0 saturated carbocycles. The highest BCUT2D eigenvalue weighted by Crippen LogP contribution is 2.35. The van der Waals surface area contributed by atoms with Gasteiger partial charge >= 0.3 is 0 Å². The number of aliphatic hydroxyl groups is 1. The molecule has 6 heteroatoms. The van der Waals surface area contributed by atoms with Crippen LogP contribution < -0.4 is 0 Å². The van der Waals surface area contributed by atoms with E-state index in [1.54, 1.807) is 6.20 Å². The Kier molecular flexibility index (Phi) is 3.39. The molecule has 1 aliphatic carbocycles. The summed E-state index contributed by atoms with van der Waals surface area (Å²) in [4.78, 5) is 8.21. The van der Waals surface area contributed by atoms with Crippen molar-refractivity contribution in [3.05, 3.63) is 17.5 Å². The minimum atomic E-state index is -2.41. The lowest BCUT2D eigenvalue weighted by atomic mass is 9.86. The molecule has 88 valence electrons. The fourth-order valence-electron chi connectivity index (χ4n) is 1.89. The summed E-state index contributed by atoms with van der Waals surface area (Å²) in [6, 6.07) is 0. The molecule has 0 bridgehead atoms. The molecule has 16 heavy (non-hydrogen) atoms. The number of hydrogen-bond acceptors (Lipinski definition) is 4. The number of hydrogen-bond donors (Lipinski definition) is 1. The van der Waals surface area contributed by atoms with E-state index < -0.39 is 18.4 Å². The first-order chi connectivity index (χ1) is 7.61. The van der Waals surface area contributed by atoms with Gasteiger partial charge in [0.1, 0.15) is 0 Å². The summed E-state index contributed by atoms with van der Waals surface area (Å²) in [7, 11) is 0. The van der Waals surface area contributed by atoms with E-state index >= 15 is 0 Å². The van der Waals surface area contributed by atoms with Crippen LogP contribution in [0.3, 0.4) is 0 Å². The topological polar surface area (TPSA) is 46.0 Å². The van der Waals surface area contributed by atoms with Gasteiger partial charge in [0, 0.05) is 17.7 Å². The third-order valence-corrected chi connectivity index (χ3v) is 3.32. The molecule has 3 nitrogen and oxygen atoms in total. The van der Waals surface area contributed by atoms with Crippen molar-refractivity contribution in [1.29, 1.82) is 0 Å². The molecule has 1 aromatic heterocycles. The number of aliphatic hydroxyl groups excluding tert-OH is 1.